The average Bonchev–Trinajstić information content (AvgIpc) is 2.44. The van der Waals surface area contributed by atoms with E-state index >= 15 is 0 Å². The monoisotopic (exact) mass is 290 g/mol. The lowest BCUT2D eigenvalue weighted by molar-refractivity contribution is 0.0519. The van der Waals surface area contributed by atoms with E-state index in [1.54, 1.807) is 18.2 Å². The van der Waals surface area contributed by atoms with Crippen molar-refractivity contribution in [3.05, 3.63) is 56.9 Å². The first-order valence-electron chi connectivity index (χ1n) is 6.38. The number of aryl methyl sites for hydroxylation is 1. The summed E-state index contributed by atoms with van der Waals surface area (Å²) in [5, 5.41) is 13.5. The van der Waals surface area contributed by atoms with Gasteiger partial charge in [0.15, 0.2) is 0 Å². The Hall–Kier alpha value is -2.25. The molecule has 0 aliphatic rings. The molecule has 0 fully saturated rings. The predicted octanol–water partition coefficient (Wildman–Crippen LogP) is -0.490. The minimum Gasteiger partial charge on any atom is -0.389 e. The highest BCUT2D eigenvalue weighted by molar-refractivity contribution is 5.33. The minimum absolute atomic E-state index is 0.0353. The van der Waals surface area contributed by atoms with Gasteiger partial charge in [0.05, 0.1) is 24.9 Å². The summed E-state index contributed by atoms with van der Waals surface area (Å²) < 4.78 is 6.84. The van der Waals surface area contributed by atoms with Crippen molar-refractivity contribution in [2.75, 3.05) is 13.7 Å². The minimum atomic E-state index is -0.943. The van der Waals surface area contributed by atoms with E-state index in [1.807, 2.05) is 6.92 Å². The van der Waals surface area contributed by atoms with Crippen LogP contribution >= 0.6 is 0 Å². The molecule has 0 amide bonds. The maximum absolute atomic E-state index is 12.3. The van der Waals surface area contributed by atoms with Gasteiger partial charge in [0.25, 0.3) is 5.56 Å². The van der Waals surface area contributed by atoms with Crippen molar-refractivity contribution in [1.29, 1.82) is 0 Å². The topological polar surface area (TPSA) is 86.3 Å². The second kappa shape index (κ2) is 6.47. The second-order valence-corrected chi connectivity index (χ2v) is 4.63. The highest BCUT2D eigenvalue weighted by Crippen LogP contribution is 2.05. The van der Waals surface area contributed by atoms with Gasteiger partial charge in [0.2, 0.25) is 0 Å². The molecule has 0 bridgehead atoms. The first-order valence-corrected chi connectivity index (χ1v) is 6.38. The van der Waals surface area contributed by atoms with Gasteiger partial charge in [-0.05, 0) is 30.7 Å². The number of nitrogens with zero attached hydrogens (tertiary/aromatic N) is 3. The van der Waals surface area contributed by atoms with Gasteiger partial charge in [0, 0.05) is 7.11 Å². The number of methoxy groups -OCH3 is 1. The van der Waals surface area contributed by atoms with Crippen molar-refractivity contribution < 1.29 is 9.84 Å². The number of ether oxygens (including phenoxy) is 1. The molecule has 1 radical (unpaired) electrons. The SMILES string of the molecule is COC[C@H](O)Cn1c(=O)cnn(-c2cc[c]c(C)c2)c1=O. The molecule has 7 nitrogen and oxygen atoms in total. The molecule has 1 aromatic heterocycles. The fourth-order valence-corrected chi connectivity index (χ4v) is 1.94. The molecule has 0 saturated heterocycles. The predicted molar refractivity (Wildman–Crippen MR) is 75.5 cm³/mol. The molecule has 21 heavy (non-hydrogen) atoms. The van der Waals surface area contributed by atoms with Gasteiger partial charge in [-0.1, -0.05) is 6.07 Å². The Morgan fingerprint density at radius 1 is 1.48 bits per heavy atom. The number of hydrogen-bond acceptors (Lipinski definition) is 5. The van der Waals surface area contributed by atoms with Crippen LogP contribution in [0.25, 0.3) is 5.69 Å². The third-order valence-electron chi connectivity index (χ3n) is 2.89. The van der Waals surface area contributed by atoms with E-state index < -0.39 is 17.4 Å². The quantitative estimate of drug-likeness (QED) is 0.803. The van der Waals surface area contributed by atoms with Crippen molar-refractivity contribution in [3.63, 3.8) is 0 Å². The Labute approximate surface area is 121 Å². The number of aliphatic hydroxyl groups excluding tert-OH is 1. The zero-order valence-corrected chi connectivity index (χ0v) is 11.8. The highest BCUT2D eigenvalue weighted by atomic mass is 16.5. The van der Waals surface area contributed by atoms with Gasteiger partial charge in [-0.3, -0.25) is 9.36 Å². The third kappa shape index (κ3) is 3.45. The van der Waals surface area contributed by atoms with Crippen molar-refractivity contribution in [1.82, 2.24) is 14.3 Å². The van der Waals surface area contributed by atoms with Gasteiger partial charge in [-0.2, -0.15) is 9.78 Å². The van der Waals surface area contributed by atoms with Crippen LogP contribution in [0, 0.1) is 13.0 Å². The summed E-state index contributed by atoms with van der Waals surface area (Å²) in [6, 6.07) is 8.04. The van der Waals surface area contributed by atoms with Crippen LogP contribution in [0.3, 0.4) is 0 Å². The van der Waals surface area contributed by atoms with Crippen LogP contribution in [0.1, 0.15) is 5.56 Å². The van der Waals surface area contributed by atoms with Gasteiger partial charge < -0.3 is 9.84 Å². The summed E-state index contributed by atoms with van der Waals surface area (Å²) in [5.74, 6) is 0. The smallest absolute Gasteiger partial charge is 0.352 e. The van der Waals surface area contributed by atoms with Crippen LogP contribution in [0.5, 0.6) is 0 Å². The molecular formula is C14H16N3O4. The van der Waals surface area contributed by atoms with E-state index in [9.17, 15) is 14.7 Å². The van der Waals surface area contributed by atoms with Gasteiger partial charge in [0.1, 0.15) is 6.20 Å². The maximum Gasteiger partial charge on any atom is 0.352 e. The van der Waals surface area contributed by atoms with Crippen molar-refractivity contribution >= 4 is 0 Å². The van der Waals surface area contributed by atoms with Gasteiger partial charge in [-0.15, -0.1) is 0 Å². The summed E-state index contributed by atoms with van der Waals surface area (Å²) in [6.07, 6.45) is 0.106. The van der Waals surface area contributed by atoms with Crippen molar-refractivity contribution in [3.8, 4) is 5.69 Å². The summed E-state index contributed by atoms with van der Waals surface area (Å²) >= 11 is 0. The molecule has 111 valence electrons. The van der Waals surface area contributed by atoms with E-state index in [4.69, 9.17) is 4.74 Å². The van der Waals surface area contributed by atoms with E-state index in [-0.39, 0.29) is 13.2 Å². The Bertz CT molecular complexity index is 735. The standard InChI is InChI=1S/C14H16N3O4/c1-10-4-3-5-11(6-10)17-14(20)16(13(19)7-15-17)8-12(18)9-21-2/h3,5-7,12,18H,8-9H2,1-2H3/t12-/m1/s1. The zero-order chi connectivity index (χ0) is 15.4. The molecule has 2 rings (SSSR count). The van der Waals surface area contributed by atoms with E-state index in [0.29, 0.717) is 5.69 Å². The molecule has 2 aromatic rings. The van der Waals surface area contributed by atoms with E-state index in [2.05, 4.69) is 11.2 Å². The first-order chi connectivity index (χ1) is 10.0. The zero-order valence-electron chi connectivity index (χ0n) is 11.8. The summed E-state index contributed by atoms with van der Waals surface area (Å²) in [7, 11) is 1.43. The molecule has 0 unspecified atom stereocenters. The molecule has 0 aliphatic carbocycles. The average molecular weight is 290 g/mol. The molecule has 1 aromatic carbocycles. The van der Waals surface area contributed by atoms with Crippen LogP contribution in [0.15, 0.2) is 34.0 Å². The maximum atomic E-state index is 12.3. The fraction of sp³-hybridized carbons (Fsp3) is 0.357. The van der Waals surface area contributed by atoms with Gasteiger partial charge in [-0.25, -0.2) is 4.79 Å². The molecule has 0 spiro atoms. The molecule has 0 saturated carbocycles. The Morgan fingerprint density at radius 2 is 2.24 bits per heavy atom. The molecule has 1 N–H and O–H groups in total. The number of rotatable bonds is 5. The highest BCUT2D eigenvalue weighted by Gasteiger charge is 2.12. The Balaban J connectivity index is 2.47. The van der Waals surface area contributed by atoms with E-state index in [0.717, 1.165) is 21.0 Å². The molecule has 0 aliphatic heterocycles. The van der Waals surface area contributed by atoms with Crippen LogP contribution < -0.4 is 11.2 Å². The Morgan fingerprint density at radius 3 is 2.90 bits per heavy atom. The largest absolute Gasteiger partial charge is 0.389 e. The number of benzene rings is 1. The number of aromatic nitrogens is 3. The summed E-state index contributed by atoms with van der Waals surface area (Å²) in [4.78, 5) is 24.1. The number of hydrogen-bond donors (Lipinski definition) is 1. The van der Waals surface area contributed by atoms with Gasteiger partial charge >= 0.3 is 5.69 Å². The normalized spacial score (nSPS) is 12.3. The molecule has 1 atom stereocenters. The van der Waals surface area contributed by atoms with Crippen LogP contribution in [0.2, 0.25) is 0 Å². The molecular weight excluding hydrogens is 274 g/mol. The fourth-order valence-electron chi connectivity index (χ4n) is 1.94. The second-order valence-electron chi connectivity index (χ2n) is 4.63. The van der Waals surface area contributed by atoms with Crippen LogP contribution in [-0.2, 0) is 11.3 Å². The Kier molecular flexibility index (Phi) is 4.66. The third-order valence-corrected chi connectivity index (χ3v) is 2.89. The van der Waals surface area contributed by atoms with Crippen molar-refractivity contribution in [2.24, 2.45) is 0 Å². The van der Waals surface area contributed by atoms with Crippen LogP contribution in [-0.4, -0.2) is 39.3 Å². The molecule has 1 heterocycles. The van der Waals surface area contributed by atoms with Crippen molar-refractivity contribution in [2.45, 2.75) is 19.6 Å². The lowest BCUT2D eigenvalue weighted by Crippen LogP contribution is -2.43. The first kappa shape index (κ1) is 15.1. The lowest BCUT2D eigenvalue weighted by atomic mass is 10.2. The van der Waals surface area contributed by atoms with Crippen LogP contribution in [0.4, 0.5) is 0 Å². The molecule has 7 heteroatoms. The van der Waals surface area contributed by atoms with E-state index in [1.165, 1.54) is 7.11 Å². The lowest BCUT2D eigenvalue weighted by Gasteiger charge is -2.12. The summed E-state index contributed by atoms with van der Waals surface area (Å²) in [5.41, 5.74) is 0.207. The number of aliphatic hydroxyl groups is 1. The summed E-state index contributed by atoms with van der Waals surface area (Å²) in [6.45, 7) is 1.73.